The third-order valence-electron chi connectivity index (χ3n) is 4.55. The average molecular weight is 428 g/mol. The molecule has 0 radical (unpaired) electrons. The molecule has 0 bridgehead atoms. The fourth-order valence-corrected chi connectivity index (χ4v) is 3.29. The standard InChI is InChI=1S/C14H29ClN4S.C7H9N/c1-6-11(17-5)8-18-10(4)12(7-9(2)3)13(15)14(20)19-16;1-6-2-4-7(8)5-3-6/h6,9-13,17-18H,1,7-8,16H2,2-5H3,(H,19,20);2-5H,8H2,1H3. The lowest BCUT2D eigenvalue weighted by Gasteiger charge is -2.31. The molecule has 0 saturated heterocycles. The van der Waals surface area contributed by atoms with Gasteiger partial charge in [-0.1, -0.05) is 49.8 Å². The molecule has 28 heavy (non-hydrogen) atoms. The van der Waals surface area contributed by atoms with Crippen molar-refractivity contribution in [1.29, 1.82) is 0 Å². The second-order valence-electron chi connectivity index (χ2n) is 7.44. The van der Waals surface area contributed by atoms with Crippen molar-refractivity contribution in [2.45, 2.75) is 51.6 Å². The summed E-state index contributed by atoms with van der Waals surface area (Å²) in [6.45, 7) is 13.2. The van der Waals surface area contributed by atoms with Gasteiger partial charge < -0.3 is 21.8 Å². The zero-order chi connectivity index (χ0) is 21.7. The minimum absolute atomic E-state index is 0.225. The molecule has 0 spiro atoms. The quantitative estimate of drug-likeness (QED) is 0.0982. The van der Waals surface area contributed by atoms with Gasteiger partial charge >= 0.3 is 0 Å². The van der Waals surface area contributed by atoms with Crippen LogP contribution >= 0.6 is 23.8 Å². The van der Waals surface area contributed by atoms with Gasteiger partial charge in [0.25, 0.3) is 0 Å². The van der Waals surface area contributed by atoms with E-state index in [0.29, 0.717) is 10.9 Å². The Morgan fingerprint density at radius 2 is 1.82 bits per heavy atom. The second-order valence-corrected chi connectivity index (χ2v) is 8.35. The number of aryl methyl sites for hydroxylation is 1. The van der Waals surface area contributed by atoms with Gasteiger partial charge in [-0.2, -0.15) is 0 Å². The largest absolute Gasteiger partial charge is 0.399 e. The molecule has 0 amide bonds. The molecule has 0 aliphatic heterocycles. The molecule has 4 unspecified atom stereocenters. The number of thiocarbonyl (C=S) groups is 1. The number of likely N-dealkylation sites (N-methyl/N-ethyl adjacent to an activating group) is 1. The molecule has 4 atom stereocenters. The lowest BCUT2D eigenvalue weighted by atomic mass is 9.88. The highest BCUT2D eigenvalue weighted by Crippen LogP contribution is 2.24. The molecular formula is C21H38ClN5S. The molecule has 0 heterocycles. The number of rotatable bonds is 10. The molecule has 7 N–H and O–H groups in total. The normalized spacial score (nSPS) is 15.0. The van der Waals surface area contributed by atoms with Gasteiger partial charge in [0.05, 0.1) is 5.38 Å². The Morgan fingerprint density at radius 3 is 2.21 bits per heavy atom. The maximum absolute atomic E-state index is 6.46. The number of hydrazine groups is 1. The second kappa shape index (κ2) is 14.8. The summed E-state index contributed by atoms with van der Waals surface area (Å²) in [5.41, 5.74) is 10.0. The van der Waals surface area contributed by atoms with E-state index in [-0.39, 0.29) is 23.4 Å². The first-order chi connectivity index (χ1) is 13.2. The zero-order valence-electron chi connectivity index (χ0n) is 17.8. The van der Waals surface area contributed by atoms with Crippen molar-refractivity contribution in [3.8, 4) is 0 Å². The van der Waals surface area contributed by atoms with E-state index >= 15 is 0 Å². The van der Waals surface area contributed by atoms with Crippen LogP contribution in [0.2, 0.25) is 0 Å². The van der Waals surface area contributed by atoms with Crippen molar-refractivity contribution in [1.82, 2.24) is 16.1 Å². The number of hydrogen-bond acceptors (Lipinski definition) is 5. The van der Waals surface area contributed by atoms with E-state index in [2.05, 4.69) is 43.4 Å². The van der Waals surface area contributed by atoms with E-state index < -0.39 is 0 Å². The topological polar surface area (TPSA) is 88.1 Å². The summed E-state index contributed by atoms with van der Waals surface area (Å²) in [5, 5.41) is 6.41. The number of nitrogens with two attached hydrogens (primary N) is 2. The molecular weight excluding hydrogens is 390 g/mol. The summed E-state index contributed by atoms with van der Waals surface area (Å²) < 4.78 is 0. The summed E-state index contributed by atoms with van der Waals surface area (Å²) in [5.74, 6) is 6.16. The van der Waals surface area contributed by atoms with E-state index in [0.717, 1.165) is 18.7 Å². The van der Waals surface area contributed by atoms with Crippen LogP contribution in [0, 0.1) is 18.8 Å². The van der Waals surface area contributed by atoms with Crippen molar-refractivity contribution in [2.24, 2.45) is 17.7 Å². The van der Waals surface area contributed by atoms with Crippen LogP contribution in [0.1, 0.15) is 32.8 Å². The Morgan fingerprint density at radius 1 is 1.25 bits per heavy atom. The first kappa shape index (κ1) is 26.8. The Kier molecular flexibility index (Phi) is 14.1. The Hall–Kier alpha value is -1.18. The number of nitrogen functional groups attached to an aromatic ring is 1. The minimum atomic E-state index is -0.267. The highest BCUT2D eigenvalue weighted by atomic mass is 35.5. The number of alkyl halides is 1. The van der Waals surface area contributed by atoms with Crippen molar-refractivity contribution >= 4 is 34.5 Å². The van der Waals surface area contributed by atoms with Crippen LogP contribution in [0.4, 0.5) is 5.69 Å². The minimum Gasteiger partial charge on any atom is -0.399 e. The number of nitrogens with one attached hydrogen (secondary N) is 3. The summed E-state index contributed by atoms with van der Waals surface area (Å²) in [6.07, 6.45) is 2.88. The van der Waals surface area contributed by atoms with Crippen molar-refractivity contribution < 1.29 is 0 Å². The van der Waals surface area contributed by atoms with Crippen LogP contribution in [0.15, 0.2) is 36.9 Å². The predicted molar refractivity (Wildman–Crippen MR) is 129 cm³/mol. The molecule has 1 aromatic rings. The maximum Gasteiger partial charge on any atom is 0.108 e. The Bertz CT molecular complexity index is 543. The van der Waals surface area contributed by atoms with Crippen LogP contribution in [0.25, 0.3) is 0 Å². The van der Waals surface area contributed by atoms with Gasteiger partial charge in [0.1, 0.15) is 4.99 Å². The molecule has 0 saturated carbocycles. The van der Waals surface area contributed by atoms with Gasteiger partial charge in [-0.15, -0.1) is 18.2 Å². The molecule has 0 aromatic heterocycles. The lowest BCUT2D eigenvalue weighted by Crippen LogP contribution is -2.48. The van der Waals surface area contributed by atoms with Gasteiger partial charge in [0.15, 0.2) is 0 Å². The average Bonchev–Trinajstić information content (AvgIpc) is 2.68. The monoisotopic (exact) mass is 427 g/mol. The number of halogens is 1. The predicted octanol–water partition coefficient (Wildman–Crippen LogP) is 3.38. The van der Waals surface area contributed by atoms with Gasteiger partial charge in [0, 0.05) is 24.3 Å². The number of benzene rings is 1. The van der Waals surface area contributed by atoms with Crippen molar-refractivity contribution in [3.05, 3.63) is 42.5 Å². The van der Waals surface area contributed by atoms with Gasteiger partial charge in [-0.05, 0) is 51.3 Å². The van der Waals surface area contributed by atoms with E-state index in [1.54, 1.807) is 0 Å². The highest BCUT2D eigenvalue weighted by Gasteiger charge is 2.28. The molecule has 0 aliphatic rings. The summed E-state index contributed by atoms with van der Waals surface area (Å²) in [6, 6.07) is 8.27. The maximum atomic E-state index is 6.46. The van der Waals surface area contributed by atoms with Crippen LogP contribution in [0.3, 0.4) is 0 Å². The third-order valence-corrected chi connectivity index (χ3v) is 5.59. The third kappa shape index (κ3) is 11.0. The number of hydrogen-bond donors (Lipinski definition) is 5. The molecule has 0 fully saturated rings. The lowest BCUT2D eigenvalue weighted by molar-refractivity contribution is 0.323. The van der Waals surface area contributed by atoms with Crippen molar-refractivity contribution in [3.63, 3.8) is 0 Å². The first-order valence-electron chi connectivity index (χ1n) is 9.66. The van der Waals surface area contributed by atoms with Crippen molar-refractivity contribution in [2.75, 3.05) is 19.3 Å². The van der Waals surface area contributed by atoms with Crippen LogP contribution in [0.5, 0.6) is 0 Å². The van der Waals surface area contributed by atoms with Crippen LogP contribution in [-0.4, -0.2) is 36.0 Å². The Labute approximate surface area is 181 Å². The zero-order valence-corrected chi connectivity index (χ0v) is 19.4. The van der Waals surface area contributed by atoms with Crippen LogP contribution in [-0.2, 0) is 0 Å². The summed E-state index contributed by atoms with van der Waals surface area (Å²) in [7, 11) is 1.92. The van der Waals surface area contributed by atoms with Crippen LogP contribution < -0.4 is 27.6 Å². The molecule has 0 aliphatic carbocycles. The SMILES string of the molecule is C=CC(CNC(C)C(CC(C)C)C(Cl)C(=S)NN)NC.Cc1ccc(N)cc1. The molecule has 1 aromatic carbocycles. The molecule has 5 nitrogen and oxygen atoms in total. The molecule has 160 valence electrons. The fraction of sp³-hybridized carbons (Fsp3) is 0.571. The summed E-state index contributed by atoms with van der Waals surface area (Å²) >= 11 is 11.6. The number of anilines is 1. The van der Waals surface area contributed by atoms with E-state index in [1.807, 2.05) is 44.3 Å². The van der Waals surface area contributed by atoms with Gasteiger partial charge in [-0.3, -0.25) is 0 Å². The van der Waals surface area contributed by atoms with E-state index in [9.17, 15) is 0 Å². The van der Waals surface area contributed by atoms with Gasteiger partial charge in [-0.25, -0.2) is 5.84 Å². The smallest absolute Gasteiger partial charge is 0.108 e. The molecule has 7 heteroatoms. The highest BCUT2D eigenvalue weighted by molar-refractivity contribution is 7.80. The first-order valence-corrected chi connectivity index (χ1v) is 10.5. The fourth-order valence-electron chi connectivity index (χ4n) is 2.73. The van der Waals surface area contributed by atoms with E-state index in [1.165, 1.54) is 5.56 Å². The molecule has 1 rings (SSSR count). The van der Waals surface area contributed by atoms with E-state index in [4.69, 9.17) is 35.4 Å². The summed E-state index contributed by atoms with van der Waals surface area (Å²) in [4.78, 5) is 0.500. The Balaban J connectivity index is 0.000000749. The van der Waals surface area contributed by atoms with Gasteiger partial charge in [0.2, 0.25) is 0 Å².